The minimum Gasteiger partial charge on any atom is -0.454 e. The molecule has 0 atom stereocenters. The summed E-state index contributed by atoms with van der Waals surface area (Å²) >= 11 is 0. The number of aryl methyl sites for hydroxylation is 2. The van der Waals surface area contributed by atoms with E-state index in [2.05, 4.69) is 66.1 Å². The molecule has 3 nitrogen and oxygen atoms in total. The Morgan fingerprint density at radius 2 is 1.58 bits per heavy atom. The Kier molecular flexibility index (Phi) is 4.85. The van der Waals surface area contributed by atoms with Gasteiger partial charge in [0.15, 0.2) is 6.20 Å². The van der Waals surface area contributed by atoms with Crippen LogP contribution in [-0.4, -0.2) is 0 Å². The van der Waals surface area contributed by atoms with Crippen molar-refractivity contribution in [3.05, 3.63) is 102 Å². The van der Waals surface area contributed by atoms with Crippen LogP contribution in [0.2, 0.25) is 0 Å². The quantitative estimate of drug-likeness (QED) is 0.246. The fourth-order valence-electron chi connectivity index (χ4n) is 5.17. The van der Waals surface area contributed by atoms with Crippen molar-refractivity contribution in [1.29, 1.82) is 5.26 Å². The van der Waals surface area contributed by atoms with E-state index in [1.165, 1.54) is 0 Å². The second-order valence-electron chi connectivity index (χ2n) is 9.69. The smallest absolute Gasteiger partial charge is 0.216 e. The molecule has 174 valence electrons. The molecule has 6 rings (SSSR count). The lowest BCUT2D eigenvalue weighted by Gasteiger charge is -2.09. The van der Waals surface area contributed by atoms with Crippen LogP contribution in [0.25, 0.3) is 55.1 Å². The summed E-state index contributed by atoms with van der Waals surface area (Å²) in [5, 5.41) is 14.3. The first-order valence-electron chi connectivity index (χ1n) is 12.6. The summed E-state index contributed by atoms with van der Waals surface area (Å²) in [5.74, 6) is -0.719. The van der Waals surface area contributed by atoms with Gasteiger partial charge >= 0.3 is 0 Å². The first kappa shape index (κ1) is 20.9. The molecule has 2 heterocycles. The van der Waals surface area contributed by atoms with Crippen LogP contribution in [0.5, 0.6) is 0 Å². The van der Waals surface area contributed by atoms with Crippen molar-refractivity contribution < 1.29 is 10.4 Å². The number of fused-ring (bicyclic) bond motifs is 4. The standard InChI is InChI=1S/C33H27N2O/c1-20(2)23-15-16-35(4)29(18-23)30-21(3)9-13-27-28-14-12-26(19-34)31(33(28)36-32(27)30)25-11-10-22-7-5-6-8-24(22)17-25/h5-18,20H,1-4H3/q+1/i20D. The predicted molar refractivity (Wildman–Crippen MR) is 147 cm³/mol. The summed E-state index contributed by atoms with van der Waals surface area (Å²) in [7, 11) is 2.02. The average Bonchev–Trinajstić information content (AvgIpc) is 3.26. The highest BCUT2D eigenvalue weighted by Crippen LogP contribution is 2.42. The second-order valence-corrected chi connectivity index (χ2v) is 9.69. The van der Waals surface area contributed by atoms with Crippen LogP contribution in [-0.2, 0) is 7.05 Å². The Morgan fingerprint density at radius 1 is 0.861 bits per heavy atom. The Hall–Kier alpha value is -4.42. The van der Waals surface area contributed by atoms with E-state index in [0.717, 1.165) is 66.2 Å². The SMILES string of the molecule is [2H]C(C)(C)c1cc[n+](C)c(-c2c(C)ccc3c2oc2c(-c4ccc5ccccc5c4)c(C#N)ccc23)c1. The van der Waals surface area contributed by atoms with Gasteiger partial charge in [0, 0.05) is 29.8 Å². The molecule has 0 fully saturated rings. The maximum absolute atomic E-state index is 10.0. The lowest BCUT2D eigenvalue weighted by Crippen LogP contribution is -2.31. The molecule has 2 aromatic heterocycles. The van der Waals surface area contributed by atoms with E-state index >= 15 is 0 Å². The summed E-state index contributed by atoms with van der Waals surface area (Å²) in [5.41, 5.74) is 7.91. The Bertz CT molecular complexity index is 1900. The highest BCUT2D eigenvalue weighted by molar-refractivity contribution is 6.14. The van der Waals surface area contributed by atoms with Gasteiger partial charge in [0.1, 0.15) is 18.2 Å². The van der Waals surface area contributed by atoms with Crippen molar-refractivity contribution >= 4 is 32.7 Å². The molecule has 0 spiro atoms. The molecule has 0 saturated heterocycles. The van der Waals surface area contributed by atoms with E-state index in [1.54, 1.807) is 0 Å². The third-order valence-corrected chi connectivity index (χ3v) is 7.16. The Labute approximate surface area is 212 Å². The van der Waals surface area contributed by atoms with Gasteiger partial charge in [-0.1, -0.05) is 62.4 Å². The zero-order valence-electron chi connectivity index (χ0n) is 21.9. The molecular weight excluding hydrogens is 440 g/mol. The summed E-state index contributed by atoms with van der Waals surface area (Å²) in [6.45, 7) is 5.89. The fourth-order valence-corrected chi connectivity index (χ4v) is 5.17. The van der Waals surface area contributed by atoms with Crippen molar-refractivity contribution in [2.75, 3.05) is 0 Å². The van der Waals surface area contributed by atoms with Gasteiger partial charge in [-0.3, -0.25) is 0 Å². The molecule has 0 saturated carbocycles. The van der Waals surface area contributed by atoms with Crippen LogP contribution >= 0.6 is 0 Å². The third-order valence-electron chi connectivity index (χ3n) is 7.16. The number of hydrogen-bond donors (Lipinski definition) is 0. The molecule has 0 amide bonds. The van der Waals surface area contributed by atoms with E-state index in [9.17, 15) is 5.26 Å². The van der Waals surface area contributed by atoms with Crippen molar-refractivity contribution in [1.82, 2.24) is 0 Å². The number of nitrogens with zero attached hydrogens (tertiary/aromatic N) is 2. The van der Waals surface area contributed by atoms with Gasteiger partial charge in [0.05, 0.1) is 17.2 Å². The zero-order valence-corrected chi connectivity index (χ0v) is 20.9. The van der Waals surface area contributed by atoms with Crippen molar-refractivity contribution in [3.63, 3.8) is 0 Å². The molecular formula is C33H27N2O+. The van der Waals surface area contributed by atoms with Gasteiger partial charge in [-0.2, -0.15) is 5.26 Å². The van der Waals surface area contributed by atoms with Crippen molar-refractivity contribution in [3.8, 4) is 28.5 Å². The molecule has 0 aliphatic rings. The van der Waals surface area contributed by atoms with E-state index in [1.807, 2.05) is 57.4 Å². The van der Waals surface area contributed by atoms with E-state index in [4.69, 9.17) is 5.79 Å². The number of aromatic nitrogens is 1. The molecule has 6 aromatic rings. The van der Waals surface area contributed by atoms with E-state index in [0.29, 0.717) is 5.56 Å². The zero-order chi connectivity index (χ0) is 25.9. The van der Waals surface area contributed by atoms with Gasteiger partial charge in [0.25, 0.3) is 0 Å². The van der Waals surface area contributed by atoms with Crippen LogP contribution < -0.4 is 4.57 Å². The van der Waals surface area contributed by atoms with Crippen LogP contribution in [0.3, 0.4) is 0 Å². The molecule has 0 unspecified atom stereocenters. The molecule has 3 heteroatoms. The highest BCUT2D eigenvalue weighted by atomic mass is 16.3. The van der Waals surface area contributed by atoms with Gasteiger partial charge in [-0.15, -0.1) is 0 Å². The maximum atomic E-state index is 10.0. The lowest BCUT2D eigenvalue weighted by atomic mass is 9.94. The van der Waals surface area contributed by atoms with E-state index < -0.39 is 5.89 Å². The van der Waals surface area contributed by atoms with Crippen LogP contribution in [0, 0.1) is 18.3 Å². The molecule has 0 radical (unpaired) electrons. The van der Waals surface area contributed by atoms with Crippen molar-refractivity contribution in [2.24, 2.45) is 7.05 Å². The fraction of sp³-hybridized carbons (Fsp3) is 0.152. The number of nitriles is 1. The minimum absolute atomic E-state index is 0.587. The number of pyridine rings is 1. The summed E-state index contributed by atoms with van der Waals surface area (Å²) in [6, 6.07) is 29.1. The predicted octanol–water partition coefficient (Wildman–Crippen LogP) is 8.20. The topological polar surface area (TPSA) is 40.8 Å². The Morgan fingerprint density at radius 3 is 2.33 bits per heavy atom. The van der Waals surface area contributed by atoms with Gasteiger partial charge in [-0.05, 0) is 58.5 Å². The molecule has 4 aromatic carbocycles. The first-order valence-corrected chi connectivity index (χ1v) is 12.1. The van der Waals surface area contributed by atoms with Crippen LogP contribution in [0.1, 0.15) is 37.8 Å². The van der Waals surface area contributed by atoms with Gasteiger partial charge in [-0.25, -0.2) is 4.57 Å². The monoisotopic (exact) mass is 468 g/mol. The normalized spacial score (nSPS) is 12.2. The summed E-state index contributed by atoms with van der Waals surface area (Å²) in [6.07, 6.45) is 2.01. The number of furan rings is 1. The lowest BCUT2D eigenvalue weighted by molar-refractivity contribution is -0.660. The summed E-state index contributed by atoms with van der Waals surface area (Å²) < 4.78 is 17.4. The number of benzene rings is 4. The highest BCUT2D eigenvalue weighted by Gasteiger charge is 2.24. The van der Waals surface area contributed by atoms with Gasteiger partial charge in [0.2, 0.25) is 5.69 Å². The largest absolute Gasteiger partial charge is 0.454 e. The number of rotatable bonds is 3. The average molecular weight is 469 g/mol. The molecule has 0 N–H and O–H groups in total. The van der Waals surface area contributed by atoms with Crippen molar-refractivity contribution in [2.45, 2.75) is 26.7 Å². The Balaban J connectivity index is 1.69. The second kappa shape index (κ2) is 8.36. The molecule has 0 aliphatic carbocycles. The van der Waals surface area contributed by atoms with Crippen LogP contribution in [0.4, 0.5) is 0 Å². The maximum Gasteiger partial charge on any atom is 0.216 e. The first-order chi connectivity index (χ1) is 17.8. The van der Waals surface area contributed by atoms with Gasteiger partial charge < -0.3 is 4.42 Å². The summed E-state index contributed by atoms with van der Waals surface area (Å²) in [4.78, 5) is 0. The molecule has 0 aliphatic heterocycles. The van der Waals surface area contributed by atoms with E-state index in [-0.39, 0.29) is 0 Å². The minimum atomic E-state index is -0.719. The van der Waals surface area contributed by atoms with Crippen LogP contribution in [0.15, 0.2) is 89.5 Å². The molecule has 36 heavy (non-hydrogen) atoms. The molecule has 0 bridgehead atoms. The third kappa shape index (κ3) is 3.38. The number of hydrogen-bond acceptors (Lipinski definition) is 2.